The van der Waals surface area contributed by atoms with Crippen LogP contribution in [-0.4, -0.2) is 74.3 Å². The van der Waals surface area contributed by atoms with Crippen molar-refractivity contribution >= 4 is 19.7 Å². The quantitative estimate of drug-likeness (QED) is 0.0205. The molecule has 3 unspecified atom stereocenters. The minimum absolute atomic E-state index is 0.0436. The van der Waals surface area contributed by atoms with Crippen LogP contribution < -0.4 is 5.32 Å². The Morgan fingerprint density at radius 3 is 1.19 bits per heavy atom. The van der Waals surface area contributed by atoms with Gasteiger partial charge in [0, 0.05) is 12.8 Å². The summed E-state index contributed by atoms with van der Waals surface area (Å²) < 4.78 is 30.7. The van der Waals surface area contributed by atoms with Gasteiger partial charge in [-0.05, 0) is 63.9 Å². The van der Waals surface area contributed by atoms with Crippen LogP contribution in [0.5, 0.6) is 0 Å². The molecule has 0 rings (SSSR count). The fraction of sp³-hybridized carbons (Fsp3) is 0.881. The van der Waals surface area contributed by atoms with Gasteiger partial charge in [0.25, 0.3) is 0 Å². The lowest BCUT2D eigenvalue weighted by Gasteiger charge is -2.27. The van der Waals surface area contributed by atoms with Crippen molar-refractivity contribution in [2.45, 2.75) is 341 Å². The summed E-state index contributed by atoms with van der Waals surface area (Å²) in [5.74, 6) is -0.489. The Balaban J connectivity index is 4.94. The van der Waals surface area contributed by atoms with Crippen LogP contribution in [0.25, 0.3) is 0 Å². The topological polar surface area (TPSA) is 111 Å². The van der Waals surface area contributed by atoms with Crippen LogP contribution in [0.4, 0.5) is 0 Å². The van der Waals surface area contributed by atoms with E-state index in [0.717, 1.165) is 64.2 Å². The van der Waals surface area contributed by atoms with E-state index in [1.807, 2.05) is 33.3 Å². The molecule has 77 heavy (non-hydrogen) atoms. The van der Waals surface area contributed by atoms with E-state index in [1.54, 1.807) is 0 Å². The van der Waals surface area contributed by atoms with Gasteiger partial charge in [0.1, 0.15) is 19.3 Å². The van der Waals surface area contributed by atoms with Crippen LogP contribution >= 0.6 is 7.82 Å². The highest BCUT2D eigenvalue weighted by Crippen LogP contribution is 2.43. The number of hydrogen-bond acceptors (Lipinski definition) is 6. The minimum atomic E-state index is -4.44. The number of carbonyl (C=O) groups excluding carboxylic acids is 2. The summed E-state index contributed by atoms with van der Waals surface area (Å²) in [5.41, 5.74) is 0. The van der Waals surface area contributed by atoms with E-state index in [4.69, 9.17) is 13.8 Å². The van der Waals surface area contributed by atoms with Crippen LogP contribution in [0, 0.1) is 0 Å². The van der Waals surface area contributed by atoms with E-state index in [-0.39, 0.29) is 25.1 Å². The Morgan fingerprint density at radius 2 is 0.792 bits per heavy atom. The maximum absolute atomic E-state index is 13.5. The number of nitrogens with one attached hydrogen (secondary N) is 1. The fourth-order valence-electron chi connectivity index (χ4n) is 9.91. The molecule has 1 amide bonds. The molecule has 0 saturated carbocycles. The van der Waals surface area contributed by atoms with Gasteiger partial charge >= 0.3 is 13.8 Å². The number of rotatable bonds is 61. The van der Waals surface area contributed by atoms with Gasteiger partial charge in [-0.1, -0.05) is 289 Å². The van der Waals surface area contributed by atoms with Crippen molar-refractivity contribution in [3.05, 3.63) is 36.5 Å². The summed E-state index contributed by atoms with van der Waals surface area (Å²) in [6.45, 7) is 7.02. The predicted molar refractivity (Wildman–Crippen MR) is 332 cm³/mol. The molecular formula is C67H130N2O7P+. The Kier molecular flexibility index (Phi) is 56.1. The van der Waals surface area contributed by atoms with E-state index in [0.29, 0.717) is 23.9 Å². The monoisotopic (exact) mass is 1110 g/mol. The van der Waals surface area contributed by atoms with Crippen LogP contribution in [0.15, 0.2) is 36.5 Å². The Bertz CT molecular complexity index is 1410. The second-order valence-corrected chi connectivity index (χ2v) is 25.5. The van der Waals surface area contributed by atoms with Crippen molar-refractivity contribution in [1.82, 2.24) is 5.32 Å². The molecule has 454 valence electrons. The molecule has 0 heterocycles. The number of phosphoric acid groups is 1. The highest BCUT2D eigenvalue weighted by Gasteiger charge is 2.30. The van der Waals surface area contributed by atoms with Crippen molar-refractivity contribution in [3.8, 4) is 0 Å². The third kappa shape index (κ3) is 58.7. The molecule has 0 bridgehead atoms. The molecule has 0 radical (unpaired) electrons. The molecule has 2 N–H and O–H groups in total. The maximum Gasteiger partial charge on any atom is 0.472 e. The molecule has 0 fully saturated rings. The standard InChI is InChI=1S/C67H129N2O7P/c1-7-10-13-16-19-22-25-27-28-29-30-31-32-33-34-35-36-37-38-39-40-42-45-48-51-54-57-60-67(71)76-65(58-55-52-49-46-43-24-21-18-15-12-9-3)64(63-75-77(72,73)74-62-61-69(4,5)6)68-66(70)59-56-53-50-47-44-41-26-23-20-17-14-11-8-2/h19,22,27-28,55,58,64-65H,7-18,20-21,23-26,29-54,56-57,59-63H2,1-6H3,(H-,68,70,72,73)/p+1/b22-19-,28-27-,58-55-. The zero-order valence-corrected chi connectivity index (χ0v) is 52.9. The van der Waals surface area contributed by atoms with Crippen LogP contribution in [-0.2, 0) is 27.9 Å². The molecule has 3 atom stereocenters. The van der Waals surface area contributed by atoms with Crippen LogP contribution in [0.2, 0.25) is 0 Å². The van der Waals surface area contributed by atoms with Crippen molar-refractivity contribution in [1.29, 1.82) is 0 Å². The highest BCUT2D eigenvalue weighted by atomic mass is 31.2. The first-order valence-corrected chi connectivity index (χ1v) is 34.8. The Morgan fingerprint density at radius 1 is 0.455 bits per heavy atom. The molecule has 0 saturated heterocycles. The first-order valence-electron chi connectivity index (χ1n) is 33.3. The first-order chi connectivity index (χ1) is 37.4. The number of likely N-dealkylation sites (N-methyl/N-ethyl adjacent to an activating group) is 1. The van der Waals surface area contributed by atoms with E-state index in [2.05, 4.69) is 50.4 Å². The van der Waals surface area contributed by atoms with Crippen molar-refractivity contribution < 1.29 is 37.3 Å². The van der Waals surface area contributed by atoms with Gasteiger partial charge in [-0.3, -0.25) is 18.6 Å². The normalized spacial score (nSPS) is 13.8. The molecule has 9 nitrogen and oxygen atoms in total. The molecule has 0 aliphatic carbocycles. The first kappa shape index (κ1) is 75.2. The molecule has 0 aliphatic rings. The average Bonchev–Trinajstić information content (AvgIpc) is 3.39. The molecular weight excluding hydrogens is 976 g/mol. The lowest BCUT2D eigenvalue weighted by Crippen LogP contribution is -2.47. The highest BCUT2D eigenvalue weighted by molar-refractivity contribution is 7.47. The van der Waals surface area contributed by atoms with Gasteiger partial charge in [-0.25, -0.2) is 4.57 Å². The van der Waals surface area contributed by atoms with Gasteiger partial charge < -0.3 is 19.4 Å². The number of phosphoric ester groups is 1. The molecule has 0 spiro atoms. The SMILES string of the molecule is CCCCC/C=C\C/C=C\CCCCCCCCCCCCCCCCCCCC(=O)OC(/C=C\CCCCCCCCCCC)C(COP(=O)(O)OCC[N+](C)(C)C)NC(=O)CCCCCCCCCCCCCCC. The summed E-state index contributed by atoms with van der Waals surface area (Å²) in [6.07, 6.45) is 70.1. The number of nitrogens with zero attached hydrogens (tertiary/aromatic N) is 1. The number of ether oxygens (including phenoxy) is 1. The van der Waals surface area contributed by atoms with E-state index >= 15 is 0 Å². The molecule has 0 aromatic heterocycles. The smallest absolute Gasteiger partial charge is 0.456 e. The number of esters is 1. The molecule has 0 aromatic carbocycles. The van der Waals surface area contributed by atoms with Crippen molar-refractivity contribution in [3.63, 3.8) is 0 Å². The number of carbonyl (C=O) groups is 2. The Labute approximate surface area is 478 Å². The van der Waals surface area contributed by atoms with Gasteiger partial charge in [0.05, 0.1) is 33.8 Å². The number of quaternary nitrogens is 1. The number of unbranched alkanes of at least 4 members (excludes halogenated alkanes) is 41. The fourth-order valence-corrected chi connectivity index (χ4v) is 10.7. The number of allylic oxidation sites excluding steroid dienone is 5. The third-order valence-corrected chi connectivity index (χ3v) is 16.1. The average molecular weight is 1110 g/mol. The minimum Gasteiger partial charge on any atom is -0.456 e. The lowest BCUT2D eigenvalue weighted by atomic mass is 10.0. The van der Waals surface area contributed by atoms with Crippen LogP contribution in [0.1, 0.15) is 329 Å². The molecule has 0 aliphatic heterocycles. The zero-order chi connectivity index (χ0) is 56.4. The lowest BCUT2D eigenvalue weighted by molar-refractivity contribution is -0.870. The largest absolute Gasteiger partial charge is 0.472 e. The van der Waals surface area contributed by atoms with Crippen LogP contribution in [0.3, 0.4) is 0 Å². The van der Waals surface area contributed by atoms with Gasteiger partial charge in [-0.2, -0.15) is 0 Å². The zero-order valence-electron chi connectivity index (χ0n) is 52.0. The predicted octanol–water partition coefficient (Wildman–Crippen LogP) is 20.7. The van der Waals surface area contributed by atoms with Gasteiger partial charge in [-0.15, -0.1) is 0 Å². The van der Waals surface area contributed by atoms with Gasteiger partial charge in [0.15, 0.2) is 0 Å². The molecule has 0 aromatic rings. The Hall–Kier alpha value is -1.77. The second kappa shape index (κ2) is 57.5. The number of amides is 1. The van der Waals surface area contributed by atoms with Crippen molar-refractivity contribution in [2.24, 2.45) is 0 Å². The third-order valence-electron chi connectivity index (χ3n) is 15.1. The maximum atomic E-state index is 13.5. The van der Waals surface area contributed by atoms with Gasteiger partial charge in [0.2, 0.25) is 5.91 Å². The van der Waals surface area contributed by atoms with Crippen molar-refractivity contribution in [2.75, 3.05) is 40.9 Å². The summed E-state index contributed by atoms with van der Waals surface area (Å²) in [4.78, 5) is 37.7. The van der Waals surface area contributed by atoms with E-state index < -0.39 is 20.0 Å². The second-order valence-electron chi connectivity index (χ2n) is 24.0. The summed E-state index contributed by atoms with van der Waals surface area (Å²) in [5, 5.41) is 3.06. The molecule has 10 heteroatoms. The summed E-state index contributed by atoms with van der Waals surface area (Å²) in [7, 11) is 1.51. The summed E-state index contributed by atoms with van der Waals surface area (Å²) >= 11 is 0. The van der Waals surface area contributed by atoms with E-state index in [1.165, 1.54) is 231 Å². The van der Waals surface area contributed by atoms with E-state index in [9.17, 15) is 19.0 Å². The summed E-state index contributed by atoms with van der Waals surface area (Å²) in [6, 6.07) is -0.842. The number of hydrogen-bond donors (Lipinski definition) is 2.